The highest BCUT2D eigenvalue weighted by atomic mass is 19.4. The molecule has 0 saturated carbocycles. The van der Waals surface area contributed by atoms with E-state index in [1.54, 1.807) is 0 Å². The number of halogens is 3. The summed E-state index contributed by atoms with van der Waals surface area (Å²) in [5.41, 5.74) is 6.44. The summed E-state index contributed by atoms with van der Waals surface area (Å²) < 4.78 is 37.3. The molecular formula is C27H26F3NO3. The number of likely N-dealkylation sites (N-methyl/N-ethyl adjacent to an activating group) is 1. The van der Waals surface area contributed by atoms with Crippen LogP contribution in [0.3, 0.4) is 0 Å². The van der Waals surface area contributed by atoms with E-state index in [-0.39, 0.29) is 0 Å². The van der Waals surface area contributed by atoms with E-state index in [4.69, 9.17) is 14.6 Å². The minimum Gasteiger partial charge on any atom is -0.493 e. The van der Waals surface area contributed by atoms with Crippen LogP contribution in [-0.4, -0.2) is 42.4 Å². The van der Waals surface area contributed by atoms with Gasteiger partial charge in [0, 0.05) is 19.5 Å². The van der Waals surface area contributed by atoms with Crippen LogP contribution in [0.1, 0.15) is 16.7 Å². The maximum absolute atomic E-state index is 10.6. The lowest BCUT2D eigenvalue weighted by Crippen LogP contribution is -2.21. The Kier molecular flexibility index (Phi) is 8.49. The molecule has 178 valence electrons. The summed E-state index contributed by atoms with van der Waals surface area (Å²) in [5.74, 6) is -1.70. The van der Waals surface area contributed by atoms with Gasteiger partial charge in [-0.3, -0.25) is 4.90 Å². The van der Waals surface area contributed by atoms with Crippen molar-refractivity contribution in [2.24, 2.45) is 0 Å². The summed E-state index contributed by atoms with van der Waals surface area (Å²) in [6.07, 6.45) is 0.377. The second-order valence-electron chi connectivity index (χ2n) is 7.93. The summed E-state index contributed by atoms with van der Waals surface area (Å²) in [4.78, 5) is 11.2. The molecule has 7 heteroatoms. The van der Waals surface area contributed by atoms with Crippen molar-refractivity contribution in [2.45, 2.75) is 19.1 Å². The van der Waals surface area contributed by atoms with Crippen molar-refractivity contribution in [1.82, 2.24) is 4.90 Å². The van der Waals surface area contributed by atoms with Crippen molar-refractivity contribution in [2.75, 3.05) is 20.2 Å². The van der Waals surface area contributed by atoms with Crippen LogP contribution in [0.15, 0.2) is 78.9 Å². The number of carboxylic acid groups (broad SMARTS) is 1. The highest BCUT2D eigenvalue weighted by Crippen LogP contribution is 2.26. The van der Waals surface area contributed by atoms with Gasteiger partial charge in [-0.1, -0.05) is 78.9 Å². The van der Waals surface area contributed by atoms with Gasteiger partial charge >= 0.3 is 12.1 Å². The van der Waals surface area contributed by atoms with E-state index in [0.29, 0.717) is 0 Å². The standard InChI is InChI=1S/C25H25NO.C2HF3O2/c1-26(19-21-11-14-25-24(18-21)15-17-27-25)16-5-6-20-9-12-23(13-10-20)22-7-3-2-4-8-22;3-2(4,5)1(6)7/h2-14,18H,15-17,19H2,1H3;(H,6,7)/b6-5+;. The molecule has 0 spiro atoms. The molecule has 4 rings (SSSR count). The van der Waals surface area contributed by atoms with Crippen LogP contribution >= 0.6 is 0 Å². The smallest absolute Gasteiger partial charge is 0.490 e. The third-order valence-electron chi connectivity index (χ3n) is 5.19. The van der Waals surface area contributed by atoms with Crippen molar-refractivity contribution in [3.63, 3.8) is 0 Å². The number of rotatable bonds is 6. The number of nitrogens with zero attached hydrogens (tertiary/aromatic N) is 1. The van der Waals surface area contributed by atoms with Crippen molar-refractivity contribution in [3.05, 3.63) is 95.6 Å². The molecule has 0 saturated heterocycles. The van der Waals surface area contributed by atoms with Crippen LogP contribution in [0.2, 0.25) is 0 Å². The zero-order valence-electron chi connectivity index (χ0n) is 18.8. The van der Waals surface area contributed by atoms with Gasteiger partial charge in [-0.05, 0) is 40.9 Å². The quantitative estimate of drug-likeness (QED) is 0.476. The third kappa shape index (κ3) is 7.49. The van der Waals surface area contributed by atoms with E-state index in [2.05, 4.69) is 90.8 Å². The lowest BCUT2D eigenvalue weighted by Gasteiger charge is -2.15. The van der Waals surface area contributed by atoms with E-state index in [1.807, 2.05) is 6.07 Å². The Balaban J connectivity index is 0.000000406. The Morgan fingerprint density at radius 2 is 1.68 bits per heavy atom. The SMILES string of the molecule is CN(C/C=C/c1ccc(-c2ccccc2)cc1)Cc1ccc2c(c1)CCO2.O=C(O)C(F)(F)F. The largest absolute Gasteiger partial charge is 0.493 e. The fraction of sp³-hybridized carbons (Fsp3) is 0.222. The first kappa shape index (κ1) is 25.1. The molecule has 1 aliphatic rings. The molecule has 0 aliphatic carbocycles. The van der Waals surface area contributed by atoms with Gasteiger partial charge in [0.15, 0.2) is 0 Å². The van der Waals surface area contributed by atoms with Crippen LogP contribution < -0.4 is 4.74 Å². The topological polar surface area (TPSA) is 49.8 Å². The maximum Gasteiger partial charge on any atom is 0.490 e. The lowest BCUT2D eigenvalue weighted by molar-refractivity contribution is -0.192. The van der Waals surface area contributed by atoms with E-state index < -0.39 is 12.1 Å². The Bertz CT molecular complexity index is 1110. The summed E-state index contributed by atoms with van der Waals surface area (Å²) in [5, 5.41) is 7.12. The first-order valence-corrected chi connectivity index (χ1v) is 10.8. The van der Waals surface area contributed by atoms with Gasteiger partial charge in [0.05, 0.1) is 6.61 Å². The number of fused-ring (bicyclic) bond motifs is 1. The van der Waals surface area contributed by atoms with Crippen LogP contribution in [0.5, 0.6) is 5.75 Å². The van der Waals surface area contributed by atoms with Gasteiger partial charge in [-0.2, -0.15) is 13.2 Å². The van der Waals surface area contributed by atoms with Crippen LogP contribution in [0, 0.1) is 0 Å². The van der Waals surface area contributed by atoms with Crippen molar-refractivity contribution in [1.29, 1.82) is 0 Å². The maximum atomic E-state index is 10.6. The van der Waals surface area contributed by atoms with Crippen molar-refractivity contribution < 1.29 is 27.8 Å². The monoisotopic (exact) mass is 469 g/mol. The summed E-state index contributed by atoms with van der Waals surface area (Å²) >= 11 is 0. The number of alkyl halides is 3. The van der Waals surface area contributed by atoms with E-state index in [0.717, 1.165) is 31.9 Å². The molecule has 1 aliphatic heterocycles. The number of aliphatic carboxylic acids is 1. The minimum absolute atomic E-state index is 0.820. The number of carboxylic acids is 1. The predicted molar refractivity (Wildman–Crippen MR) is 127 cm³/mol. The Morgan fingerprint density at radius 1 is 1.03 bits per heavy atom. The molecular weight excluding hydrogens is 443 g/mol. The molecule has 3 aromatic rings. The second-order valence-corrected chi connectivity index (χ2v) is 7.93. The van der Waals surface area contributed by atoms with Crippen molar-refractivity contribution >= 4 is 12.0 Å². The Hall–Kier alpha value is -3.58. The molecule has 4 nitrogen and oxygen atoms in total. The fourth-order valence-corrected chi connectivity index (χ4v) is 3.50. The number of hydrogen-bond acceptors (Lipinski definition) is 3. The minimum atomic E-state index is -5.08. The molecule has 0 atom stereocenters. The van der Waals surface area contributed by atoms with Gasteiger partial charge in [-0.25, -0.2) is 4.79 Å². The van der Waals surface area contributed by atoms with Gasteiger partial charge in [0.25, 0.3) is 0 Å². The molecule has 0 fully saturated rings. The average molecular weight is 470 g/mol. The zero-order valence-corrected chi connectivity index (χ0v) is 18.8. The Morgan fingerprint density at radius 3 is 2.32 bits per heavy atom. The van der Waals surface area contributed by atoms with Gasteiger partial charge < -0.3 is 9.84 Å². The number of ether oxygens (including phenoxy) is 1. The average Bonchev–Trinajstić information content (AvgIpc) is 3.28. The van der Waals surface area contributed by atoms with Crippen LogP contribution in [0.25, 0.3) is 17.2 Å². The van der Waals surface area contributed by atoms with Crippen LogP contribution in [0.4, 0.5) is 13.2 Å². The number of carbonyl (C=O) groups is 1. The molecule has 1 heterocycles. The Labute approximate surface area is 196 Å². The molecule has 0 aromatic heterocycles. The van der Waals surface area contributed by atoms with Gasteiger partial charge in [0.2, 0.25) is 0 Å². The summed E-state index contributed by atoms with van der Waals surface area (Å²) in [6.45, 7) is 2.69. The summed E-state index contributed by atoms with van der Waals surface area (Å²) in [7, 11) is 2.16. The third-order valence-corrected chi connectivity index (χ3v) is 5.19. The lowest BCUT2D eigenvalue weighted by atomic mass is 10.0. The first-order chi connectivity index (χ1) is 16.2. The molecule has 0 bridgehead atoms. The van der Waals surface area contributed by atoms with Gasteiger partial charge in [-0.15, -0.1) is 0 Å². The molecule has 3 aromatic carbocycles. The highest BCUT2D eigenvalue weighted by Gasteiger charge is 2.38. The van der Waals surface area contributed by atoms with E-state index in [9.17, 15) is 13.2 Å². The molecule has 34 heavy (non-hydrogen) atoms. The van der Waals surface area contributed by atoms with E-state index in [1.165, 1.54) is 27.8 Å². The second kappa shape index (κ2) is 11.5. The molecule has 0 unspecified atom stereocenters. The molecule has 0 radical (unpaired) electrons. The molecule has 0 amide bonds. The first-order valence-electron chi connectivity index (χ1n) is 10.8. The molecule has 1 N–H and O–H groups in total. The zero-order chi connectivity index (χ0) is 24.6. The predicted octanol–water partition coefficient (Wildman–Crippen LogP) is 6.07. The summed E-state index contributed by atoms with van der Waals surface area (Å²) in [6, 6.07) is 25.8. The number of hydrogen-bond donors (Lipinski definition) is 1. The van der Waals surface area contributed by atoms with Gasteiger partial charge in [0.1, 0.15) is 5.75 Å². The highest BCUT2D eigenvalue weighted by molar-refractivity contribution is 5.73. The fourth-order valence-electron chi connectivity index (χ4n) is 3.50. The normalized spacial score (nSPS) is 12.7. The van der Waals surface area contributed by atoms with Crippen molar-refractivity contribution in [3.8, 4) is 16.9 Å². The number of benzene rings is 3. The van der Waals surface area contributed by atoms with E-state index >= 15 is 0 Å². The van der Waals surface area contributed by atoms with Crippen LogP contribution in [-0.2, 0) is 17.8 Å².